The van der Waals surface area contributed by atoms with Crippen molar-refractivity contribution in [3.63, 3.8) is 0 Å². The molecule has 0 aliphatic heterocycles. The van der Waals surface area contributed by atoms with Gasteiger partial charge in [-0.2, -0.15) is 0 Å². The Morgan fingerprint density at radius 2 is 1.09 bits per heavy atom. The Morgan fingerprint density at radius 1 is 0.435 bits per heavy atom. The standard InChI is InChI=1S/C44H28O2/c1-2-13-27(14-3-1)35-26-41-36(28-15-8-10-22-38(28)46-41)25-37(35)43-31-18-6-4-16-29(31)42(30-17-5-7-19-32(30)43)34-21-12-24-40-44(34)33-20-9-11-23-39(33)45-40/h1-6,8-18,20-26H,7,19H2. The molecule has 46 heavy (non-hydrogen) atoms. The van der Waals surface area contributed by atoms with Crippen LogP contribution < -0.4 is 0 Å². The molecule has 216 valence electrons. The van der Waals surface area contributed by atoms with E-state index in [0.29, 0.717) is 0 Å². The molecule has 0 N–H and O–H groups in total. The highest BCUT2D eigenvalue weighted by atomic mass is 16.3. The van der Waals surface area contributed by atoms with E-state index in [1.807, 2.05) is 12.1 Å². The second-order valence-corrected chi connectivity index (χ2v) is 12.3. The van der Waals surface area contributed by atoms with Crippen LogP contribution in [-0.4, -0.2) is 0 Å². The second kappa shape index (κ2) is 9.82. The topological polar surface area (TPSA) is 26.3 Å². The predicted molar refractivity (Wildman–Crippen MR) is 192 cm³/mol. The van der Waals surface area contributed by atoms with Crippen molar-refractivity contribution in [1.29, 1.82) is 0 Å². The first-order chi connectivity index (χ1) is 22.8. The molecule has 0 amide bonds. The summed E-state index contributed by atoms with van der Waals surface area (Å²) in [4.78, 5) is 0. The summed E-state index contributed by atoms with van der Waals surface area (Å²) in [5.41, 5.74) is 13.8. The van der Waals surface area contributed by atoms with Gasteiger partial charge in [0.25, 0.3) is 0 Å². The van der Waals surface area contributed by atoms with Crippen molar-refractivity contribution in [2.75, 3.05) is 0 Å². The minimum atomic E-state index is 0.914. The first-order valence-electron chi connectivity index (χ1n) is 16.0. The Bertz CT molecular complexity index is 2680. The largest absolute Gasteiger partial charge is 0.456 e. The van der Waals surface area contributed by atoms with Gasteiger partial charge in [-0.1, -0.05) is 115 Å². The Kier molecular flexibility index (Phi) is 5.44. The maximum Gasteiger partial charge on any atom is 0.136 e. The molecule has 7 aromatic carbocycles. The van der Waals surface area contributed by atoms with Gasteiger partial charge in [0.15, 0.2) is 0 Å². The maximum atomic E-state index is 6.43. The number of benzene rings is 7. The third-order valence-electron chi connectivity index (χ3n) is 9.75. The van der Waals surface area contributed by atoms with Gasteiger partial charge in [0, 0.05) is 21.5 Å². The predicted octanol–water partition coefficient (Wildman–Crippen LogP) is 12.6. The normalized spacial score (nSPS) is 13.0. The fraction of sp³-hybridized carbons (Fsp3) is 0.0455. The summed E-state index contributed by atoms with van der Waals surface area (Å²) >= 11 is 0. The van der Waals surface area contributed by atoms with Crippen molar-refractivity contribution in [2.24, 2.45) is 0 Å². The van der Waals surface area contributed by atoms with Gasteiger partial charge in [0.1, 0.15) is 22.3 Å². The van der Waals surface area contributed by atoms with Crippen LogP contribution in [0, 0.1) is 0 Å². The van der Waals surface area contributed by atoms with Crippen molar-refractivity contribution in [1.82, 2.24) is 0 Å². The molecular weight excluding hydrogens is 560 g/mol. The first kappa shape index (κ1) is 25.5. The Hall–Kier alpha value is -5.86. The lowest BCUT2D eigenvalue weighted by Crippen LogP contribution is -2.03. The van der Waals surface area contributed by atoms with Gasteiger partial charge in [-0.05, 0) is 98.5 Å². The fourth-order valence-electron chi connectivity index (χ4n) is 7.80. The third-order valence-corrected chi connectivity index (χ3v) is 9.75. The van der Waals surface area contributed by atoms with E-state index in [1.54, 1.807) is 0 Å². The van der Waals surface area contributed by atoms with Crippen molar-refractivity contribution in [3.05, 3.63) is 151 Å². The third kappa shape index (κ3) is 3.64. The van der Waals surface area contributed by atoms with Crippen LogP contribution in [0.1, 0.15) is 17.5 Å². The zero-order valence-corrected chi connectivity index (χ0v) is 25.1. The maximum absolute atomic E-state index is 6.43. The van der Waals surface area contributed by atoms with Crippen LogP contribution >= 0.6 is 0 Å². The van der Waals surface area contributed by atoms with Gasteiger partial charge >= 0.3 is 0 Å². The molecule has 0 unspecified atom stereocenters. The molecule has 0 radical (unpaired) electrons. The number of hydrogen-bond donors (Lipinski definition) is 0. The Labute approximate surface area is 265 Å². The Morgan fingerprint density at radius 3 is 1.91 bits per heavy atom. The van der Waals surface area contributed by atoms with Crippen molar-refractivity contribution in [3.8, 4) is 33.4 Å². The van der Waals surface area contributed by atoms with Crippen LogP contribution in [0.3, 0.4) is 0 Å². The number of hydrogen-bond acceptors (Lipinski definition) is 2. The van der Waals surface area contributed by atoms with Crippen molar-refractivity contribution >= 4 is 60.7 Å². The molecule has 1 aliphatic rings. The molecule has 0 bridgehead atoms. The molecule has 2 nitrogen and oxygen atoms in total. The summed E-state index contributed by atoms with van der Waals surface area (Å²) in [7, 11) is 0. The lowest BCUT2D eigenvalue weighted by atomic mass is 9.78. The lowest BCUT2D eigenvalue weighted by molar-refractivity contribution is 0.668. The van der Waals surface area contributed by atoms with E-state index in [9.17, 15) is 0 Å². The molecule has 0 spiro atoms. The average Bonchev–Trinajstić information content (AvgIpc) is 3.68. The van der Waals surface area contributed by atoms with Gasteiger partial charge in [0.2, 0.25) is 0 Å². The molecule has 9 aromatic rings. The number of allylic oxidation sites excluding steroid dienone is 1. The highest BCUT2D eigenvalue weighted by Gasteiger charge is 2.26. The van der Waals surface area contributed by atoms with Gasteiger partial charge in [0.05, 0.1) is 0 Å². The molecule has 1 aliphatic carbocycles. The first-order valence-corrected chi connectivity index (χ1v) is 16.0. The van der Waals surface area contributed by atoms with Crippen LogP contribution in [0.5, 0.6) is 0 Å². The van der Waals surface area contributed by atoms with E-state index < -0.39 is 0 Å². The molecular formula is C44H28O2. The fourth-order valence-corrected chi connectivity index (χ4v) is 7.80. The second-order valence-electron chi connectivity index (χ2n) is 12.3. The molecule has 0 atom stereocenters. The Balaban J connectivity index is 1.37. The zero-order chi connectivity index (χ0) is 30.2. The van der Waals surface area contributed by atoms with Gasteiger partial charge in [-0.25, -0.2) is 0 Å². The van der Waals surface area contributed by atoms with Crippen LogP contribution in [0.15, 0.2) is 148 Å². The van der Waals surface area contributed by atoms with Crippen LogP contribution in [-0.2, 0) is 6.42 Å². The van der Waals surface area contributed by atoms with E-state index in [2.05, 4.69) is 133 Å². The van der Waals surface area contributed by atoms with Crippen molar-refractivity contribution < 1.29 is 8.83 Å². The van der Waals surface area contributed by atoms with Gasteiger partial charge in [-0.3, -0.25) is 0 Å². The molecule has 2 aromatic heterocycles. The summed E-state index contributed by atoms with van der Waals surface area (Å²) in [5, 5.41) is 7.13. The van der Waals surface area contributed by atoms with Gasteiger partial charge < -0.3 is 8.83 Å². The summed E-state index contributed by atoms with van der Waals surface area (Å²) in [5.74, 6) is 0. The minimum Gasteiger partial charge on any atom is -0.456 e. The van der Waals surface area contributed by atoms with E-state index >= 15 is 0 Å². The van der Waals surface area contributed by atoms with E-state index in [1.165, 1.54) is 60.7 Å². The summed E-state index contributed by atoms with van der Waals surface area (Å²) in [6.45, 7) is 0. The molecule has 0 saturated carbocycles. The molecule has 10 rings (SSSR count). The highest BCUT2D eigenvalue weighted by Crippen LogP contribution is 2.50. The summed E-state index contributed by atoms with van der Waals surface area (Å²) in [6.07, 6.45) is 6.68. The monoisotopic (exact) mass is 588 g/mol. The number of para-hydroxylation sites is 2. The zero-order valence-electron chi connectivity index (χ0n) is 25.1. The van der Waals surface area contributed by atoms with Crippen molar-refractivity contribution in [2.45, 2.75) is 12.8 Å². The molecule has 0 saturated heterocycles. The van der Waals surface area contributed by atoms with E-state index in [-0.39, 0.29) is 0 Å². The quantitative estimate of drug-likeness (QED) is 0.205. The average molecular weight is 589 g/mol. The minimum absolute atomic E-state index is 0.914. The van der Waals surface area contributed by atoms with E-state index in [0.717, 1.165) is 51.3 Å². The van der Waals surface area contributed by atoms with Gasteiger partial charge in [-0.15, -0.1) is 0 Å². The number of furan rings is 2. The van der Waals surface area contributed by atoms with Crippen LogP contribution in [0.2, 0.25) is 0 Å². The SMILES string of the molecule is C1=Cc2c(c(-c3cc4c(cc3-c3ccccc3)oc3ccccc34)c3ccccc3c2-c2cccc3oc4ccccc4c23)CC1. The highest BCUT2D eigenvalue weighted by molar-refractivity contribution is 6.20. The molecule has 0 fully saturated rings. The smallest absolute Gasteiger partial charge is 0.136 e. The number of fused-ring (bicyclic) bond motifs is 8. The molecule has 2 heterocycles. The lowest BCUT2D eigenvalue weighted by Gasteiger charge is -2.25. The molecule has 2 heteroatoms. The van der Waals surface area contributed by atoms with Crippen LogP contribution in [0.25, 0.3) is 94.1 Å². The summed E-state index contributed by atoms with van der Waals surface area (Å²) in [6, 6.07) is 47.6. The van der Waals surface area contributed by atoms with E-state index in [4.69, 9.17) is 8.83 Å². The van der Waals surface area contributed by atoms with Crippen LogP contribution in [0.4, 0.5) is 0 Å². The summed E-state index contributed by atoms with van der Waals surface area (Å²) < 4.78 is 12.8. The number of rotatable bonds is 3.